The number of aromatic amines is 1. The van der Waals surface area contributed by atoms with Gasteiger partial charge in [-0.2, -0.15) is 5.10 Å². The standard InChI is InChI=1S/C39H42F2N4O5S/c1-24(36(46)49-6)19-25-9-7-10-26(20-25)39(4)16-8-15-38(2,3)23-51(47,48)18-14-29-28-13-17-42-33(28)22-32(41)34(29)50-27-11-12-31(40)30(21-27)35-43-37(39)44-45(35)5/h7,9-14,17-18,20-22,24,42H,8,15-16,19,23H2,1-6H3/b18-14-/t24-,39?/m1/s1. The van der Waals surface area contributed by atoms with Crippen molar-refractivity contribution in [3.63, 3.8) is 0 Å². The van der Waals surface area contributed by atoms with E-state index in [1.165, 1.54) is 42.1 Å². The van der Waals surface area contributed by atoms with Crippen molar-refractivity contribution in [2.24, 2.45) is 18.4 Å². The Balaban J connectivity index is 1.50. The normalized spacial score (nSPS) is 20.0. The summed E-state index contributed by atoms with van der Waals surface area (Å²) in [5.41, 5.74) is 1.23. The van der Waals surface area contributed by atoms with Crippen LogP contribution in [-0.4, -0.2) is 47.0 Å². The van der Waals surface area contributed by atoms with Crippen LogP contribution in [0.1, 0.15) is 69.5 Å². The lowest BCUT2D eigenvalue weighted by Gasteiger charge is -2.30. The van der Waals surface area contributed by atoms with Gasteiger partial charge in [-0.15, -0.1) is 0 Å². The molecule has 2 atom stereocenters. The molecule has 0 amide bonds. The molecule has 268 valence electrons. The monoisotopic (exact) mass is 716 g/mol. The summed E-state index contributed by atoms with van der Waals surface area (Å²) in [4.78, 5) is 20.1. The maximum Gasteiger partial charge on any atom is 0.308 e. The van der Waals surface area contributed by atoms with Gasteiger partial charge in [0, 0.05) is 41.2 Å². The second-order valence-electron chi connectivity index (χ2n) is 14.5. The van der Waals surface area contributed by atoms with Gasteiger partial charge in [-0.3, -0.25) is 4.79 Å². The van der Waals surface area contributed by atoms with Gasteiger partial charge in [0.2, 0.25) is 0 Å². The summed E-state index contributed by atoms with van der Waals surface area (Å²) in [6.07, 6.45) is 5.20. The molecule has 0 saturated heterocycles. The van der Waals surface area contributed by atoms with E-state index in [-0.39, 0.29) is 46.1 Å². The summed E-state index contributed by atoms with van der Waals surface area (Å²) in [5, 5.41) is 6.50. The molecule has 5 aromatic rings. The molecule has 1 aliphatic rings. The Bertz CT molecular complexity index is 2260. The van der Waals surface area contributed by atoms with E-state index in [1.807, 2.05) is 52.0 Å². The molecule has 0 spiro atoms. The van der Waals surface area contributed by atoms with Crippen LogP contribution in [0.5, 0.6) is 11.5 Å². The van der Waals surface area contributed by atoms with Gasteiger partial charge in [-0.1, -0.05) is 51.5 Å². The molecule has 6 rings (SSSR count). The fraction of sp³-hybridized carbons (Fsp3) is 0.359. The molecule has 3 heterocycles. The van der Waals surface area contributed by atoms with Crippen molar-refractivity contribution in [3.8, 4) is 22.9 Å². The van der Waals surface area contributed by atoms with E-state index in [4.69, 9.17) is 19.6 Å². The van der Waals surface area contributed by atoms with E-state index in [9.17, 15) is 13.2 Å². The highest BCUT2D eigenvalue weighted by Gasteiger charge is 2.36. The van der Waals surface area contributed by atoms with Gasteiger partial charge < -0.3 is 14.5 Å². The lowest BCUT2D eigenvalue weighted by Crippen LogP contribution is -2.28. The number of aryl methyl sites for hydroxylation is 1. The number of nitrogens with zero attached hydrogens (tertiary/aromatic N) is 3. The van der Waals surface area contributed by atoms with Crippen molar-refractivity contribution in [2.75, 3.05) is 12.9 Å². The number of esters is 1. The molecule has 4 bridgehead atoms. The second kappa shape index (κ2) is 13.7. The maximum atomic E-state index is 15.7. The zero-order chi connectivity index (χ0) is 36.7. The second-order valence-corrected chi connectivity index (χ2v) is 16.3. The van der Waals surface area contributed by atoms with E-state index >= 15 is 8.78 Å². The largest absolute Gasteiger partial charge is 0.469 e. The van der Waals surface area contributed by atoms with Crippen LogP contribution >= 0.6 is 0 Å². The third-order valence-corrected chi connectivity index (χ3v) is 11.5. The predicted molar refractivity (Wildman–Crippen MR) is 193 cm³/mol. The van der Waals surface area contributed by atoms with Crippen molar-refractivity contribution in [1.82, 2.24) is 19.7 Å². The number of sulfone groups is 1. The average molecular weight is 717 g/mol. The number of nitrogens with one attached hydrogen (secondary N) is 1. The Kier molecular flexibility index (Phi) is 9.67. The average Bonchev–Trinajstić information content (AvgIpc) is 3.70. The Morgan fingerprint density at radius 1 is 1.08 bits per heavy atom. The van der Waals surface area contributed by atoms with E-state index < -0.39 is 32.3 Å². The summed E-state index contributed by atoms with van der Waals surface area (Å²) in [6, 6.07) is 14.9. The van der Waals surface area contributed by atoms with E-state index in [1.54, 1.807) is 19.3 Å². The fourth-order valence-corrected chi connectivity index (χ4v) is 8.65. The van der Waals surface area contributed by atoms with Gasteiger partial charge in [0.05, 0.1) is 29.8 Å². The quantitative estimate of drug-likeness (QED) is 0.186. The number of ether oxygens (including phenoxy) is 2. The van der Waals surface area contributed by atoms with E-state index in [0.717, 1.165) is 16.5 Å². The van der Waals surface area contributed by atoms with Crippen LogP contribution in [-0.2, 0) is 38.3 Å². The zero-order valence-corrected chi connectivity index (χ0v) is 30.4. The van der Waals surface area contributed by atoms with Crippen molar-refractivity contribution >= 4 is 32.8 Å². The third kappa shape index (κ3) is 7.46. The van der Waals surface area contributed by atoms with Crippen molar-refractivity contribution in [1.29, 1.82) is 0 Å². The van der Waals surface area contributed by atoms with E-state index in [2.05, 4.69) is 4.98 Å². The summed E-state index contributed by atoms with van der Waals surface area (Å²) in [5.74, 6) is -1.46. The number of methoxy groups -OCH3 is 1. The zero-order valence-electron chi connectivity index (χ0n) is 29.6. The number of carbonyl (C=O) groups excluding carboxylic acids is 1. The number of carbonyl (C=O) groups is 1. The van der Waals surface area contributed by atoms with Crippen LogP contribution in [0.4, 0.5) is 8.78 Å². The van der Waals surface area contributed by atoms with E-state index in [0.29, 0.717) is 42.4 Å². The predicted octanol–water partition coefficient (Wildman–Crippen LogP) is 8.29. The molecule has 2 aromatic heterocycles. The number of hydrogen-bond donors (Lipinski definition) is 1. The summed E-state index contributed by atoms with van der Waals surface area (Å²) < 4.78 is 71.0. The first-order chi connectivity index (χ1) is 24.1. The lowest BCUT2D eigenvalue weighted by molar-refractivity contribution is -0.144. The van der Waals surface area contributed by atoms with Crippen LogP contribution in [0.3, 0.4) is 0 Å². The number of rotatable bonds is 4. The Morgan fingerprint density at radius 2 is 1.86 bits per heavy atom. The Labute approximate surface area is 296 Å². The molecule has 0 saturated carbocycles. The van der Waals surface area contributed by atoms with Crippen molar-refractivity contribution in [2.45, 2.75) is 58.8 Å². The first-order valence-electron chi connectivity index (χ1n) is 16.9. The molecule has 0 aliphatic carbocycles. The molecule has 0 fully saturated rings. The maximum absolute atomic E-state index is 15.7. The highest BCUT2D eigenvalue weighted by molar-refractivity contribution is 7.94. The lowest BCUT2D eigenvalue weighted by atomic mass is 9.75. The first-order valence-corrected chi connectivity index (χ1v) is 18.6. The molecule has 1 N–H and O–H groups in total. The van der Waals surface area contributed by atoms with Gasteiger partial charge in [-0.25, -0.2) is 26.9 Å². The Morgan fingerprint density at radius 3 is 2.63 bits per heavy atom. The number of benzene rings is 3. The molecule has 1 unspecified atom stereocenters. The van der Waals surface area contributed by atoms with Crippen LogP contribution in [0.25, 0.3) is 28.4 Å². The molecule has 1 aliphatic heterocycles. The molecule has 0 radical (unpaired) electrons. The van der Waals surface area contributed by atoms with Gasteiger partial charge in [-0.05, 0) is 73.1 Å². The number of H-pyrrole nitrogens is 1. The topological polar surface area (TPSA) is 116 Å². The number of halogens is 2. The highest BCUT2D eigenvalue weighted by Crippen LogP contribution is 2.41. The van der Waals surface area contributed by atoms with Gasteiger partial charge in [0.25, 0.3) is 0 Å². The molecular weight excluding hydrogens is 675 g/mol. The third-order valence-electron chi connectivity index (χ3n) is 9.73. The summed E-state index contributed by atoms with van der Waals surface area (Å²) in [6.45, 7) is 7.67. The minimum Gasteiger partial charge on any atom is -0.469 e. The van der Waals surface area contributed by atoms with Gasteiger partial charge in [0.15, 0.2) is 33.1 Å². The van der Waals surface area contributed by atoms with Gasteiger partial charge in [0.1, 0.15) is 11.6 Å². The van der Waals surface area contributed by atoms with Crippen molar-refractivity contribution in [3.05, 3.63) is 100 Å². The fourth-order valence-electron chi connectivity index (χ4n) is 6.98. The SMILES string of the molecule is COC(=O)[C@H](C)Cc1cccc(C2(C)CCCC(C)(C)CS(=O)(=O)/C=C\c3c(c(F)cc4[nH]ccc34)Oc3ccc(F)c(c3)-c3nc2nn3C)c1. The first kappa shape index (κ1) is 36.0. The molecule has 12 heteroatoms. The number of hydrogen-bond acceptors (Lipinski definition) is 7. The van der Waals surface area contributed by atoms with Gasteiger partial charge >= 0.3 is 5.97 Å². The molecule has 9 nitrogen and oxygen atoms in total. The minimum absolute atomic E-state index is 0.0989. The smallest absolute Gasteiger partial charge is 0.308 e. The Hall–Kier alpha value is -4.84. The molecule has 51 heavy (non-hydrogen) atoms. The summed E-state index contributed by atoms with van der Waals surface area (Å²) in [7, 11) is -0.711. The molecular formula is C39H42F2N4O5S. The van der Waals surface area contributed by atoms with Crippen LogP contribution < -0.4 is 4.74 Å². The molecule has 3 aromatic carbocycles. The summed E-state index contributed by atoms with van der Waals surface area (Å²) >= 11 is 0. The number of fused-ring (bicyclic) bond motifs is 8. The van der Waals surface area contributed by atoms with Crippen molar-refractivity contribution < 1.29 is 31.5 Å². The highest BCUT2D eigenvalue weighted by atomic mass is 32.2. The van der Waals surface area contributed by atoms with Crippen LogP contribution in [0.2, 0.25) is 0 Å². The number of aromatic nitrogens is 4. The minimum atomic E-state index is -3.77. The van der Waals surface area contributed by atoms with Crippen LogP contribution in [0.15, 0.2) is 66.2 Å². The van der Waals surface area contributed by atoms with Crippen LogP contribution in [0, 0.1) is 23.0 Å².